The van der Waals surface area contributed by atoms with Gasteiger partial charge >= 0.3 is 11.9 Å². The first kappa shape index (κ1) is 23.0. The Hall–Kier alpha value is -1.32. The van der Waals surface area contributed by atoms with E-state index in [-0.39, 0.29) is 12.2 Å². The highest BCUT2D eigenvalue weighted by Crippen LogP contribution is 2.36. The molecule has 2 rings (SSSR count). The van der Waals surface area contributed by atoms with Crippen LogP contribution in [0.5, 0.6) is 0 Å². The van der Waals surface area contributed by atoms with Gasteiger partial charge in [-0.1, -0.05) is 54.4 Å². The Morgan fingerprint density at radius 2 is 1.07 bits per heavy atom. The molecule has 4 heteroatoms. The molecule has 0 amide bonds. The SMILES string of the molecule is CC1CCC(C(C)C)C(OC(=O)/C=C\C(=O)OC2CC(C)CCC2C(C)C)C1. The van der Waals surface area contributed by atoms with Gasteiger partial charge in [0.05, 0.1) is 0 Å². The summed E-state index contributed by atoms with van der Waals surface area (Å²) < 4.78 is 11.4. The monoisotopic (exact) mass is 392 g/mol. The fraction of sp³-hybridized carbons (Fsp3) is 0.833. The number of hydrogen-bond donors (Lipinski definition) is 0. The number of ether oxygens (including phenoxy) is 2. The maximum Gasteiger partial charge on any atom is 0.331 e. The lowest BCUT2D eigenvalue weighted by atomic mass is 9.75. The lowest BCUT2D eigenvalue weighted by molar-refractivity contribution is -0.152. The molecule has 0 saturated heterocycles. The van der Waals surface area contributed by atoms with Crippen LogP contribution < -0.4 is 0 Å². The fourth-order valence-corrected chi connectivity index (χ4v) is 5.01. The molecular weight excluding hydrogens is 352 g/mol. The van der Waals surface area contributed by atoms with Crippen LogP contribution >= 0.6 is 0 Å². The largest absolute Gasteiger partial charge is 0.459 e. The Bertz CT molecular complexity index is 503. The first-order valence-corrected chi connectivity index (χ1v) is 11.3. The number of esters is 2. The van der Waals surface area contributed by atoms with E-state index in [9.17, 15) is 9.59 Å². The van der Waals surface area contributed by atoms with Crippen LogP contribution in [-0.2, 0) is 19.1 Å². The maximum absolute atomic E-state index is 12.3. The van der Waals surface area contributed by atoms with Gasteiger partial charge in [-0.25, -0.2) is 9.59 Å². The molecule has 6 atom stereocenters. The van der Waals surface area contributed by atoms with Gasteiger partial charge < -0.3 is 9.47 Å². The first-order chi connectivity index (χ1) is 13.2. The highest BCUT2D eigenvalue weighted by molar-refractivity contribution is 5.91. The molecule has 0 heterocycles. The van der Waals surface area contributed by atoms with Gasteiger partial charge in [-0.2, -0.15) is 0 Å². The van der Waals surface area contributed by atoms with Gasteiger partial charge in [0.15, 0.2) is 0 Å². The molecular formula is C24H40O4. The zero-order valence-corrected chi connectivity index (χ0v) is 18.6. The van der Waals surface area contributed by atoms with Crippen molar-refractivity contribution in [3.8, 4) is 0 Å². The van der Waals surface area contributed by atoms with E-state index in [2.05, 4.69) is 41.5 Å². The standard InChI is InChI=1S/C24H40O4/c1-15(2)19-9-7-17(5)13-21(19)27-23(25)11-12-24(26)28-22-14-18(6)8-10-20(22)16(3)4/h11-12,15-22H,7-10,13-14H2,1-6H3/b12-11-. The third-order valence-electron chi connectivity index (χ3n) is 6.81. The summed E-state index contributed by atoms with van der Waals surface area (Å²) in [5.74, 6) is 2.05. The Labute approximate surface area is 171 Å². The van der Waals surface area contributed by atoms with E-state index >= 15 is 0 Å². The number of carbonyl (C=O) groups is 2. The van der Waals surface area contributed by atoms with Crippen LogP contribution in [0.15, 0.2) is 12.2 Å². The zero-order chi connectivity index (χ0) is 20.8. The molecule has 2 fully saturated rings. The molecule has 2 aliphatic rings. The minimum Gasteiger partial charge on any atom is -0.459 e. The summed E-state index contributed by atoms with van der Waals surface area (Å²) in [6, 6.07) is 0. The van der Waals surface area contributed by atoms with E-state index < -0.39 is 11.9 Å². The Balaban J connectivity index is 1.89. The molecule has 2 saturated carbocycles. The molecule has 0 aromatic heterocycles. The molecule has 0 spiro atoms. The minimum atomic E-state index is -0.431. The third-order valence-corrected chi connectivity index (χ3v) is 6.81. The van der Waals surface area contributed by atoms with Crippen LogP contribution in [0.25, 0.3) is 0 Å². The number of hydrogen-bond acceptors (Lipinski definition) is 4. The molecule has 0 aliphatic heterocycles. The second-order valence-corrected chi connectivity index (χ2v) is 9.94. The second-order valence-electron chi connectivity index (χ2n) is 9.94. The predicted octanol–water partition coefficient (Wildman–Crippen LogP) is 5.55. The van der Waals surface area contributed by atoms with Crippen LogP contribution in [0.1, 0.15) is 80.1 Å². The summed E-state index contributed by atoms with van der Waals surface area (Å²) in [6.07, 6.45) is 8.77. The van der Waals surface area contributed by atoms with Gasteiger partial charge in [0.25, 0.3) is 0 Å². The number of carbonyl (C=O) groups excluding carboxylic acids is 2. The predicted molar refractivity (Wildman–Crippen MR) is 112 cm³/mol. The van der Waals surface area contributed by atoms with Crippen LogP contribution in [0.2, 0.25) is 0 Å². The summed E-state index contributed by atoms with van der Waals surface area (Å²) in [5, 5.41) is 0. The topological polar surface area (TPSA) is 52.6 Å². The summed E-state index contributed by atoms with van der Waals surface area (Å²) >= 11 is 0. The van der Waals surface area contributed by atoms with Crippen molar-refractivity contribution in [2.45, 2.75) is 92.3 Å². The van der Waals surface area contributed by atoms with Crippen LogP contribution in [-0.4, -0.2) is 24.1 Å². The Morgan fingerprint density at radius 3 is 1.39 bits per heavy atom. The molecule has 28 heavy (non-hydrogen) atoms. The molecule has 0 bridgehead atoms. The van der Waals surface area contributed by atoms with E-state index in [0.29, 0.717) is 35.5 Å². The lowest BCUT2D eigenvalue weighted by Gasteiger charge is -2.36. The fourth-order valence-electron chi connectivity index (χ4n) is 5.01. The lowest BCUT2D eigenvalue weighted by Crippen LogP contribution is -2.36. The Morgan fingerprint density at radius 1 is 0.714 bits per heavy atom. The third kappa shape index (κ3) is 6.63. The van der Waals surface area contributed by atoms with Crippen molar-refractivity contribution in [1.29, 1.82) is 0 Å². The van der Waals surface area contributed by atoms with E-state index in [1.165, 1.54) is 25.0 Å². The van der Waals surface area contributed by atoms with E-state index in [0.717, 1.165) is 25.7 Å². The Kier molecular flexibility index (Phi) is 8.57. The summed E-state index contributed by atoms with van der Waals surface area (Å²) in [4.78, 5) is 24.6. The molecule has 0 aromatic carbocycles. The van der Waals surface area contributed by atoms with Crippen molar-refractivity contribution in [3.05, 3.63) is 12.2 Å². The normalized spacial score (nSPS) is 34.0. The second kappa shape index (κ2) is 10.5. The van der Waals surface area contributed by atoms with Crippen molar-refractivity contribution in [2.24, 2.45) is 35.5 Å². The summed E-state index contributed by atoms with van der Waals surface area (Å²) in [7, 11) is 0. The molecule has 0 radical (unpaired) electrons. The van der Waals surface area contributed by atoms with Crippen molar-refractivity contribution >= 4 is 11.9 Å². The molecule has 6 unspecified atom stereocenters. The van der Waals surface area contributed by atoms with Gasteiger partial charge in [0.1, 0.15) is 12.2 Å². The molecule has 160 valence electrons. The maximum atomic E-state index is 12.3. The van der Waals surface area contributed by atoms with Crippen LogP contribution in [0.3, 0.4) is 0 Å². The zero-order valence-electron chi connectivity index (χ0n) is 18.6. The summed E-state index contributed by atoms with van der Waals surface area (Å²) in [6.45, 7) is 13.2. The van der Waals surface area contributed by atoms with Gasteiger partial charge in [-0.3, -0.25) is 0 Å². The number of rotatable bonds is 6. The average molecular weight is 393 g/mol. The molecule has 0 aromatic rings. The highest BCUT2D eigenvalue weighted by Gasteiger charge is 2.34. The average Bonchev–Trinajstić information content (AvgIpc) is 2.59. The van der Waals surface area contributed by atoms with Gasteiger partial charge in [0.2, 0.25) is 0 Å². The molecule has 4 nitrogen and oxygen atoms in total. The van der Waals surface area contributed by atoms with E-state index in [1.54, 1.807) is 0 Å². The van der Waals surface area contributed by atoms with Crippen molar-refractivity contribution in [1.82, 2.24) is 0 Å². The van der Waals surface area contributed by atoms with Crippen molar-refractivity contribution in [3.63, 3.8) is 0 Å². The smallest absolute Gasteiger partial charge is 0.331 e. The quantitative estimate of drug-likeness (QED) is 0.439. The van der Waals surface area contributed by atoms with Gasteiger partial charge in [-0.15, -0.1) is 0 Å². The van der Waals surface area contributed by atoms with Crippen molar-refractivity contribution in [2.75, 3.05) is 0 Å². The van der Waals surface area contributed by atoms with E-state index in [4.69, 9.17) is 9.47 Å². The highest BCUT2D eigenvalue weighted by atomic mass is 16.5. The van der Waals surface area contributed by atoms with Crippen LogP contribution in [0, 0.1) is 35.5 Å². The van der Waals surface area contributed by atoms with E-state index in [1.807, 2.05) is 0 Å². The van der Waals surface area contributed by atoms with Crippen LogP contribution in [0.4, 0.5) is 0 Å². The summed E-state index contributed by atoms with van der Waals surface area (Å²) in [5.41, 5.74) is 0. The molecule has 2 aliphatic carbocycles. The minimum absolute atomic E-state index is 0.0542. The van der Waals surface area contributed by atoms with Gasteiger partial charge in [-0.05, 0) is 61.2 Å². The van der Waals surface area contributed by atoms with Gasteiger partial charge in [0, 0.05) is 12.2 Å². The molecule has 0 N–H and O–H groups in total. The first-order valence-electron chi connectivity index (χ1n) is 11.3. The van der Waals surface area contributed by atoms with Crippen molar-refractivity contribution < 1.29 is 19.1 Å².